The normalized spacial score (nSPS) is 0. The Morgan fingerprint density at radius 2 is 0.375 bits per heavy atom. The second-order valence-corrected chi connectivity index (χ2v) is 0. The van der Waals surface area contributed by atoms with E-state index >= 15 is 0 Å². The molecule has 8 heavy (non-hydrogen) atoms. The predicted molar refractivity (Wildman–Crippen MR) is 13.8 cm³/mol. The topological polar surface area (TPSA) is 0 Å². The molecule has 0 aromatic rings. The Morgan fingerprint density at radius 3 is 0.375 bits per heavy atom. The average Bonchev–Trinajstić information content (AvgIpc) is 0. The molecule has 0 unspecified atom stereocenters. The molecule has 0 atom stereocenters. The molecule has 64 valence electrons. The van der Waals surface area contributed by atoms with Gasteiger partial charge in [-0.1, -0.05) is 0 Å². The molecular formula is Fe3Ni3P2. The minimum absolute atomic E-state index is 0. The van der Waals surface area contributed by atoms with Crippen molar-refractivity contribution in [3.63, 3.8) is 0 Å². The molecule has 0 radical (unpaired) electrons. The number of rotatable bonds is 0. The van der Waals surface area contributed by atoms with Crippen LogP contribution in [0.2, 0.25) is 0 Å². The molecule has 0 aromatic heterocycles. The fourth-order valence-corrected chi connectivity index (χ4v) is 0. The van der Waals surface area contributed by atoms with Crippen molar-refractivity contribution in [2.45, 2.75) is 0 Å². The molecule has 0 spiro atoms. The molecule has 0 N–H and O–H groups in total. The Balaban J connectivity index is 0. The maximum Gasteiger partial charge on any atom is 2.00 e. The van der Waals surface area contributed by atoms with Crippen molar-refractivity contribution in [1.29, 1.82) is 0 Å². The third-order valence-electron chi connectivity index (χ3n) is 0. The van der Waals surface area contributed by atoms with Crippen LogP contribution >= 0.6 is 19.8 Å². The second-order valence-electron chi connectivity index (χ2n) is 0. The van der Waals surface area contributed by atoms with Crippen LogP contribution in [0.4, 0.5) is 0 Å². The smallest absolute Gasteiger partial charge is 2.00 e. The van der Waals surface area contributed by atoms with Crippen LogP contribution < -0.4 is 0 Å². The standard InChI is InChI=1S/3Fe.3Ni.2P/q;;;3*+2;2*-3. The van der Waals surface area contributed by atoms with Gasteiger partial charge in [0.1, 0.15) is 0 Å². The SMILES string of the molecule is [Fe].[Fe].[Fe].[Ni+2].[Ni+2].[Ni+2].[P-3].[P-3]. The number of hydrogen-bond donors (Lipinski definition) is 0. The van der Waals surface area contributed by atoms with E-state index in [2.05, 4.69) is 0 Å². The minimum atomic E-state index is 0. The first-order valence-corrected chi connectivity index (χ1v) is 0. The van der Waals surface area contributed by atoms with E-state index in [9.17, 15) is 0 Å². The Bertz CT molecular complexity index is 12.5. The minimum Gasteiger partial charge on any atom is -3.00 e. The zero-order chi connectivity index (χ0) is 0. The van der Waals surface area contributed by atoms with E-state index in [1.807, 2.05) is 0 Å². The summed E-state index contributed by atoms with van der Waals surface area (Å²) in [6, 6.07) is 0. The van der Waals surface area contributed by atoms with Crippen molar-refractivity contribution in [2.24, 2.45) is 0 Å². The van der Waals surface area contributed by atoms with Crippen molar-refractivity contribution in [3.8, 4) is 0 Å². The monoisotopic (exact) mass is 404 g/mol. The molecule has 0 bridgehead atoms. The van der Waals surface area contributed by atoms with E-state index in [0.717, 1.165) is 0 Å². The van der Waals surface area contributed by atoms with E-state index in [1.165, 1.54) is 0 Å². The summed E-state index contributed by atoms with van der Waals surface area (Å²) in [5, 5.41) is 0. The largest absolute Gasteiger partial charge is 3.00 e. The van der Waals surface area contributed by atoms with Crippen LogP contribution in [0, 0.1) is 0 Å². The van der Waals surface area contributed by atoms with Crippen molar-refractivity contribution < 1.29 is 101 Å². The molecule has 0 aliphatic heterocycles. The van der Waals surface area contributed by atoms with Gasteiger partial charge in [0.15, 0.2) is 0 Å². The Morgan fingerprint density at radius 1 is 0.375 bits per heavy atom. The molecule has 0 aliphatic rings. The van der Waals surface area contributed by atoms with Crippen LogP contribution in [-0.4, -0.2) is 0 Å². The molecule has 0 heterocycles. The van der Waals surface area contributed by atoms with E-state index in [0.29, 0.717) is 0 Å². The molecule has 0 fully saturated rings. The van der Waals surface area contributed by atoms with Crippen LogP contribution in [0.15, 0.2) is 0 Å². The molecule has 0 aliphatic carbocycles. The second kappa shape index (κ2) is 70.3. The summed E-state index contributed by atoms with van der Waals surface area (Å²) >= 11 is 0. The van der Waals surface area contributed by atoms with E-state index in [-0.39, 0.29) is 120 Å². The van der Waals surface area contributed by atoms with Crippen LogP contribution in [0.3, 0.4) is 0 Å². The first kappa shape index (κ1) is 93.0. The summed E-state index contributed by atoms with van der Waals surface area (Å²) in [5.41, 5.74) is 0. The fourth-order valence-electron chi connectivity index (χ4n) is 0. The molecule has 0 rings (SSSR count). The third kappa shape index (κ3) is 51.6. The third-order valence-corrected chi connectivity index (χ3v) is 0. The molecular weight excluding hydrogens is 406 g/mol. The van der Waals surface area contributed by atoms with Crippen molar-refractivity contribution in [2.75, 3.05) is 0 Å². The van der Waals surface area contributed by atoms with E-state index in [1.54, 1.807) is 0 Å². The molecule has 0 saturated heterocycles. The van der Waals surface area contributed by atoms with Gasteiger partial charge in [0.2, 0.25) is 0 Å². The summed E-state index contributed by atoms with van der Waals surface area (Å²) in [4.78, 5) is 0. The predicted octanol–water partition coefficient (Wildman–Crippen LogP) is 1.71. The van der Waals surface area contributed by atoms with Gasteiger partial charge in [0, 0.05) is 51.2 Å². The summed E-state index contributed by atoms with van der Waals surface area (Å²) < 4.78 is 0. The van der Waals surface area contributed by atoms with Crippen LogP contribution in [0.5, 0.6) is 0 Å². The molecule has 8 heteroatoms. The van der Waals surface area contributed by atoms with Gasteiger partial charge < -0.3 is 19.8 Å². The Kier molecular flexibility index (Phi) is 817. The van der Waals surface area contributed by atoms with Gasteiger partial charge >= 0.3 is 49.5 Å². The molecule has 0 nitrogen and oxygen atoms in total. The maximum absolute atomic E-state index is 0. The van der Waals surface area contributed by atoms with E-state index < -0.39 is 0 Å². The van der Waals surface area contributed by atoms with Crippen molar-refractivity contribution >= 4 is 19.8 Å². The summed E-state index contributed by atoms with van der Waals surface area (Å²) in [6.45, 7) is 0. The fraction of sp³-hybridized carbons (Fsp3) is 0. The first-order chi connectivity index (χ1) is 0. The average molecular weight is 406 g/mol. The summed E-state index contributed by atoms with van der Waals surface area (Å²) in [7, 11) is 0. The molecule has 0 saturated carbocycles. The zero-order valence-corrected chi connectivity index (χ0v) is 11.0. The van der Waals surface area contributed by atoms with Crippen LogP contribution in [0.1, 0.15) is 0 Å². The quantitative estimate of drug-likeness (QED) is 0.425. The van der Waals surface area contributed by atoms with E-state index in [4.69, 9.17) is 0 Å². The van der Waals surface area contributed by atoms with Gasteiger partial charge in [0.25, 0.3) is 0 Å². The maximum atomic E-state index is 0. The zero-order valence-electron chi connectivity index (χ0n) is 2.90. The first-order valence-electron chi connectivity index (χ1n) is 0. The van der Waals surface area contributed by atoms with Gasteiger partial charge in [-0.3, -0.25) is 0 Å². The van der Waals surface area contributed by atoms with Gasteiger partial charge in [-0.15, -0.1) is 0 Å². The van der Waals surface area contributed by atoms with Crippen LogP contribution in [-0.2, 0) is 101 Å². The van der Waals surface area contributed by atoms with Gasteiger partial charge in [-0.25, -0.2) is 0 Å². The van der Waals surface area contributed by atoms with Gasteiger partial charge in [0.05, 0.1) is 0 Å². The van der Waals surface area contributed by atoms with Crippen molar-refractivity contribution in [1.82, 2.24) is 0 Å². The summed E-state index contributed by atoms with van der Waals surface area (Å²) in [6.07, 6.45) is 0. The molecule has 0 amide bonds. The van der Waals surface area contributed by atoms with Crippen molar-refractivity contribution in [3.05, 3.63) is 0 Å². The molecule has 0 aromatic carbocycles. The number of hydrogen-bond acceptors (Lipinski definition) is 0. The summed E-state index contributed by atoms with van der Waals surface area (Å²) in [5.74, 6) is 0. The van der Waals surface area contributed by atoms with Gasteiger partial charge in [-0.05, 0) is 0 Å². The van der Waals surface area contributed by atoms with Gasteiger partial charge in [-0.2, -0.15) is 0 Å². The Hall–Kier alpha value is 3.90. The van der Waals surface area contributed by atoms with Crippen LogP contribution in [0.25, 0.3) is 0 Å². The Labute approximate surface area is 119 Å².